The summed E-state index contributed by atoms with van der Waals surface area (Å²) in [4.78, 5) is 12.0. The molecule has 0 bridgehead atoms. The standard InChI is InChI=1S/C7H11NO/c1-4-5-6-8(3)7(2)9/h4-6H,1H2,2-3H3/b6-5+. The number of nitrogens with zero attached hydrogens (tertiary/aromatic N) is 1. The first-order valence-corrected chi connectivity index (χ1v) is 2.71. The zero-order valence-electron chi connectivity index (χ0n) is 5.79. The summed E-state index contributed by atoms with van der Waals surface area (Å²) in [7, 11) is 1.70. The summed E-state index contributed by atoms with van der Waals surface area (Å²) in [5.41, 5.74) is 0. The minimum atomic E-state index is 0.0214. The van der Waals surface area contributed by atoms with E-state index < -0.39 is 0 Å². The van der Waals surface area contributed by atoms with Crippen molar-refractivity contribution in [2.45, 2.75) is 6.92 Å². The Kier molecular flexibility index (Phi) is 3.44. The molecule has 0 aromatic rings. The van der Waals surface area contributed by atoms with Gasteiger partial charge in [0.25, 0.3) is 0 Å². The van der Waals surface area contributed by atoms with E-state index in [1.165, 1.54) is 11.8 Å². The second kappa shape index (κ2) is 3.89. The van der Waals surface area contributed by atoms with Gasteiger partial charge in [-0.1, -0.05) is 12.7 Å². The van der Waals surface area contributed by atoms with Crippen LogP contribution in [0.1, 0.15) is 6.92 Å². The van der Waals surface area contributed by atoms with Crippen molar-refractivity contribution in [1.82, 2.24) is 4.90 Å². The van der Waals surface area contributed by atoms with Gasteiger partial charge in [0.1, 0.15) is 0 Å². The molecule has 0 aliphatic rings. The monoisotopic (exact) mass is 125 g/mol. The number of allylic oxidation sites excluding steroid dienone is 2. The summed E-state index contributed by atoms with van der Waals surface area (Å²) >= 11 is 0. The van der Waals surface area contributed by atoms with Crippen LogP contribution in [0.15, 0.2) is 24.9 Å². The molecule has 2 heteroatoms. The van der Waals surface area contributed by atoms with Crippen molar-refractivity contribution in [3.05, 3.63) is 24.9 Å². The molecule has 0 saturated heterocycles. The lowest BCUT2D eigenvalue weighted by Gasteiger charge is -2.05. The molecule has 0 aliphatic carbocycles. The van der Waals surface area contributed by atoms with Crippen molar-refractivity contribution in [3.63, 3.8) is 0 Å². The van der Waals surface area contributed by atoms with Gasteiger partial charge in [-0.15, -0.1) is 0 Å². The molecular formula is C7H11NO. The molecule has 0 unspecified atom stereocenters. The summed E-state index contributed by atoms with van der Waals surface area (Å²) < 4.78 is 0. The van der Waals surface area contributed by atoms with Gasteiger partial charge in [0.15, 0.2) is 0 Å². The molecule has 1 amide bonds. The van der Waals surface area contributed by atoms with E-state index in [9.17, 15) is 4.79 Å². The quantitative estimate of drug-likeness (QED) is 0.507. The van der Waals surface area contributed by atoms with Gasteiger partial charge in [0, 0.05) is 20.2 Å². The van der Waals surface area contributed by atoms with Gasteiger partial charge in [-0.05, 0) is 6.08 Å². The van der Waals surface area contributed by atoms with E-state index in [0.29, 0.717) is 0 Å². The predicted molar refractivity (Wildman–Crippen MR) is 37.8 cm³/mol. The molecule has 0 fully saturated rings. The van der Waals surface area contributed by atoms with Gasteiger partial charge in [-0.3, -0.25) is 4.79 Å². The Morgan fingerprint density at radius 3 is 2.56 bits per heavy atom. The zero-order chi connectivity index (χ0) is 7.28. The Hall–Kier alpha value is -1.05. The van der Waals surface area contributed by atoms with E-state index in [-0.39, 0.29) is 5.91 Å². The van der Waals surface area contributed by atoms with E-state index in [2.05, 4.69) is 6.58 Å². The highest BCUT2D eigenvalue weighted by atomic mass is 16.2. The molecule has 0 saturated carbocycles. The molecule has 0 aromatic carbocycles. The van der Waals surface area contributed by atoms with Gasteiger partial charge >= 0.3 is 0 Å². The van der Waals surface area contributed by atoms with Crippen molar-refractivity contribution in [2.24, 2.45) is 0 Å². The SMILES string of the molecule is C=C/C=C/N(C)C(C)=O. The normalized spacial score (nSPS) is 9.56. The molecule has 0 spiro atoms. The summed E-state index contributed by atoms with van der Waals surface area (Å²) in [5, 5.41) is 0. The lowest BCUT2D eigenvalue weighted by Crippen LogP contribution is -2.16. The first-order chi connectivity index (χ1) is 4.18. The van der Waals surface area contributed by atoms with Crippen molar-refractivity contribution < 1.29 is 4.79 Å². The number of rotatable bonds is 2. The van der Waals surface area contributed by atoms with Gasteiger partial charge in [-0.2, -0.15) is 0 Å². The second-order valence-electron chi connectivity index (χ2n) is 1.71. The lowest BCUT2D eigenvalue weighted by molar-refractivity contribution is -0.125. The Labute approximate surface area is 55.5 Å². The van der Waals surface area contributed by atoms with E-state index in [0.717, 1.165) is 0 Å². The van der Waals surface area contributed by atoms with E-state index >= 15 is 0 Å². The first-order valence-electron chi connectivity index (χ1n) is 2.71. The molecule has 0 N–H and O–H groups in total. The first kappa shape index (κ1) is 7.95. The van der Waals surface area contributed by atoms with E-state index in [1.807, 2.05) is 0 Å². The summed E-state index contributed by atoms with van der Waals surface area (Å²) in [5.74, 6) is 0.0214. The fraction of sp³-hybridized carbons (Fsp3) is 0.286. The third kappa shape index (κ3) is 3.53. The fourth-order valence-electron chi connectivity index (χ4n) is 0.295. The zero-order valence-corrected chi connectivity index (χ0v) is 5.79. The summed E-state index contributed by atoms with van der Waals surface area (Å²) in [6.45, 7) is 4.97. The van der Waals surface area contributed by atoms with Crippen LogP contribution >= 0.6 is 0 Å². The average Bonchev–Trinajstić information content (AvgIpc) is 1.82. The molecule has 0 atom stereocenters. The maximum Gasteiger partial charge on any atom is 0.223 e. The molecule has 0 aromatic heterocycles. The lowest BCUT2D eigenvalue weighted by atomic mass is 10.5. The molecular weight excluding hydrogens is 114 g/mol. The van der Waals surface area contributed by atoms with Gasteiger partial charge in [0.05, 0.1) is 0 Å². The minimum absolute atomic E-state index is 0.0214. The Morgan fingerprint density at radius 2 is 2.22 bits per heavy atom. The maximum absolute atomic E-state index is 10.5. The van der Waals surface area contributed by atoms with Crippen LogP contribution in [0.2, 0.25) is 0 Å². The fourth-order valence-corrected chi connectivity index (χ4v) is 0.295. The molecule has 9 heavy (non-hydrogen) atoms. The van der Waals surface area contributed by atoms with Crippen LogP contribution in [0.3, 0.4) is 0 Å². The Balaban J connectivity index is 3.75. The van der Waals surface area contributed by atoms with Crippen LogP contribution in [0.5, 0.6) is 0 Å². The largest absolute Gasteiger partial charge is 0.322 e. The summed E-state index contributed by atoms with van der Waals surface area (Å²) in [6.07, 6.45) is 5.00. The van der Waals surface area contributed by atoms with Crippen molar-refractivity contribution in [2.75, 3.05) is 7.05 Å². The summed E-state index contributed by atoms with van der Waals surface area (Å²) in [6, 6.07) is 0. The highest BCUT2D eigenvalue weighted by Crippen LogP contribution is 1.84. The molecule has 0 radical (unpaired) electrons. The predicted octanol–water partition coefficient (Wildman–Crippen LogP) is 1.16. The van der Waals surface area contributed by atoms with Crippen LogP contribution in [-0.4, -0.2) is 17.9 Å². The number of carbonyl (C=O) groups is 1. The van der Waals surface area contributed by atoms with E-state index in [4.69, 9.17) is 0 Å². The third-order valence-corrected chi connectivity index (χ3v) is 0.942. The molecule has 50 valence electrons. The van der Waals surface area contributed by atoms with E-state index in [1.54, 1.807) is 25.4 Å². The number of carbonyl (C=O) groups excluding carboxylic acids is 1. The van der Waals surface area contributed by atoms with Crippen LogP contribution in [0, 0.1) is 0 Å². The van der Waals surface area contributed by atoms with Gasteiger partial charge in [0.2, 0.25) is 5.91 Å². The Morgan fingerprint density at radius 1 is 1.67 bits per heavy atom. The molecule has 0 heterocycles. The van der Waals surface area contributed by atoms with Crippen molar-refractivity contribution in [1.29, 1.82) is 0 Å². The number of hydrogen-bond acceptors (Lipinski definition) is 1. The van der Waals surface area contributed by atoms with Crippen molar-refractivity contribution in [3.8, 4) is 0 Å². The van der Waals surface area contributed by atoms with Crippen LogP contribution in [-0.2, 0) is 4.79 Å². The third-order valence-electron chi connectivity index (χ3n) is 0.942. The number of hydrogen-bond donors (Lipinski definition) is 0. The molecule has 2 nitrogen and oxygen atoms in total. The highest BCUT2D eigenvalue weighted by molar-refractivity contribution is 5.73. The van der Waals surface area contributed by atoms with Gasteiger partial charge in [-0.25, -0.2) is 0 Å². The highest BCUT2D eigenvalue weighted by Gasteiger charge is 1.92. The minimum Gasteiger partial charge on any atom is -0.322 e. The van der Waals surface area contributed by atoms with Crippen LogP contribution in [0.25, 0.3) is 0 Å². The second-order valence-corrected chi connectivity index (χ2v) is 1.71. The Bertz CT molecular complexity index is 138. The average molecular weight is 125 g/mol. The van der Waals surface area contributed by atoms with Crippen LogP contribution < -0.4 is 0 Å². The topological polar surface area (TPSA) is 20.3 Å². The maximum atomic E-state index is 10.5. The van der Waals surface area contributed by atoms with Crippen molar-refractivity contribution >= 4 is 5.91 Å². The van der Waals surface area contributed by atoms with Crippen LogP contribution in [0.4, 0.5) is 0 Å². The molecule has 0 aliphatic heterocycles. The smallest absolute Gasteiger partial charge is 0.223 e. The van der Waals surface area contributed by atoms with Gasteiger partial charge < -0.3 is 4.90 Å². The molecule has 0 rings (SSSR count). The number of amides is 1.